The van der Waals surface area contributed by atoms with Gasteiger partial charge >= 0.3 is 0 Å². The van der Waals surface area contributed by atoms with Gasteiger partial charge in [0.1, 0.15) is 24.3 Å². The molecule has 1 aliphatic carbocycles. The molecule has 2 aromatic rings. The summed E-state index contributed by atoms with van der Waals surface area (Å²) in [5.74, 6) is 1.44. The van der Waals surface area contributed by atoms with Crippen LogP contribution in [0.1, 0.15) is 51.5 Å². The second-order valence-electron chi connectivity index (χ2n) is 9.35. The Balaban J connectivity index is 1.52. The molecule has 172 valence electrons. The van der Waals surface area contributed by atoms with Crippen LogP contribution in [0.2, 0.25) is 0 Å². The quantitative estimate of drug-likeness (QED) is 0.429. The second kappa shape index (κ2) is 9.65. The molecule has 1 heterocycles. The van der Waals surface area contributed by atoms with Crippen molar-refractivity contribution in [2.24, 2.45) is 5.41 Å². The van der Waals surface area contributed by atoms with Gasteiger partial charge < -0.3 is 19.4 Å². The third-order valence-corrected chi connectivity index (χ3v) is 6.29. The number of carboxylic acids is 1. The first-order valence-corrected chi connectivity index (χ1v) is 11.6. The topological polar surface area (TPSA) is 61.6 Å². The van der Waals surface area contributed by atoms with E-state index in [4.69, 9.17) is 9.47 Å². The first-order valence-electron chi connectivity index (χ1n) is 11.6. The first-order chi connectivity index (χ1) is 15.8. The van der Waals surface area contributed by atoms with Crippen molar-refractivity contribution in [2.45, 2.75) is 46.0 Å². The van der Waals surface area contributed by atoms with Crippen LogP contribution in [-0.2, 0) is 4.79 Å². The lowest BCUT2D eigenvalue weighted by Gasteiger charge is -2.35. The fourth-order valence-electron chi connectivity index (χ4n) is 4.37. The molecule has 0 bridgehead atoms. The molecule has 0 atom stereocenters. The number of hydrogen-bond donors (Lipinski definition) is 0. The summed E-state index contributed by atoms with van der Waals surface area (Å²) < 4.78 is 14.5. The Bertz CT molecular complexity index is 1130. The Morgan fingerprint density at radius 2 is 1.88 bits per heavy atom. The van der Waals surface area contributed by atoms with E-state index < -0.39 is 5.97 Å². The zero-order valence-electron chi connectivity index (χ0n) is 19.6. The number of hydrogen-bond acceptors (Lipinski definition) is 4. The number of unbranched alkanes of at least 4 members (excludes halogenated alkanes) is 2. The maximum absolute atomic E-state index is 10.5. The molecule has 2 aliphatic rings. The van der Waals surface area contributed by atoms with Gasteiger partial charge in [0.25, 0.3) is 0 Å². The van der Waals surface area contributed by atoms with E-state index in [0.29, 0.717) is 13.0 Å². The molecule has 5 heteroatoms. The van der Waals surface area contributed by atoms with Crippen molar-refractivity contribution in [1.29, 1.82) is 0 Å². The maximum Gasteiger partial charge on any atom is 0.205 e. The highest BCUT2D eigenvalue weighted by Gasteiger charge is 2.38. The monoisotopic (exact) mass is 445 g/mol. The number of ether oxygens (including phenoxy) is 2. The van der Waals surface area contributed by atoms with E-state index in [1.807, 2.05) is 24.3 Å². The van der Waals surface area contributed by atoms with Crippen LogP contribution in [0.5, 0.6) is 11.5 Å². The number of benzene rings is 2. The van der Waals surface area contributed by atoms with Crippen LogP contribution >= 0.6 is 0 Å². The average molecular weight is 446 g/mol. The molecular formula is C28H31NO4. The van der Waals surface area contributed by atoms with Gasteiger partial charge in [0.2, 0.25) is 5.69 Å². The molecule has 0 unspecified atom stereocenters. The number of nitrogens with zero attached hydrogens (tertiary/aromatic N) is 1. The molecule has 1 aliphatic heterocycles. The number of fused-ring (bicyclic) bond motifs is 2. The van der Waals surface area contributed by atoms with Crippen molar-refractivity contribution in [3.8, 4) is 11.5 Å². The van der Waals surface area contributed by atoms with Gasteiger partial charge in [0.05, 0.1) is 6.61 Å². The predicted octanol–water partition coefficient (Wildman–Crippen LogP) is 4.88. The molecule has 0 amide bonds. The van der Waals surface area contributed by atoms with Crippen LogP contribution in [-0.4, -0.2) is 29.9 Å². The van der Waals surface area contributed by atoms with Gasteiger partial charge in [-0.1, -0.05) is 32.0 Å². The Labute approximate surface area is 195 Å². The van der Waals surface area contributed by atoms with E-state index in [9.17, 15) is 9.90 Å². The fourth-order valence-corrected chi connectivity index (χ4v) is 4.37. The highest BCUT2D eigenvalue weighted by molar-refractivity contribution is 5.96. The summed E-state index contributed by atoms with van der Waals surface area (Å²) in [6, 6.07) is 16.3. The van der Waals surface area contributed by atoms with Crippen molar-refractivity contribution in [1.82, 2.24) is 0 Å². The minimum Gasteiger partial charge on any atom is -0.550 e. The number of allylic oxidation sites excluding steroid dienone is 2. The van der Waals surface area contributed by atoms with E-state index in [-0.39, 0.29) is 11.8 Å². The lowest BCUT2D eigenvalue weighted by Crippen LogP contribution is -2.31. The summed E-state index contributed by atoms with van der Waals surface area (Å²) in [6.07, 6.45) is 7.63. The van der Waals surface area contributed by atoms with Gasteiger partial charge in [-0.25, -0.2) is 0 Å². The van der Waals surface area contributed by atoms with E-state index in [2.05, 4.69) is 61.9 Å². The van der Waals surface area contributed by atoms with E-state index >= 15 is 0 Å². The van der Waals surface area contributed by atoms with Crippen molar-refractivity contribution >= 4 is 23.4 Å². The van der Waals surface area contributed by atoms with Crippen molar-refractivity contribution in [3.63, 3.8) is 0 Å². The Hall–Kier alpha value is -3.34. The molecule has 0 N–H and O–H groups in total. The van der Waals surface area contributed by atoms with E-state index in [1.54, 1.807) is 0 Å². The molecule has 33 heavy (non-hydrogen) atoms. The molecule has 5 nitrogen and oxygen atoms in total. The summed E-state index contributed by atoms with van der Waals surface area (Å²) in [6.45, 7) is 5.07. The number of para-hydroxylation sites is 1. The molecule has 0 radical (unpaired) electrons. The number of rotatable bonds is 8. The smallest absolute Gasteiger partial charge is 0.205 e. The lowest BCUT2D eigenvalue weighted by molar-refractivity contribution is -0.406. The third-order valence-electron chi connectivity index (χ3n) is 6.29. The molecule has 0 saturated heterocycles. The fraction of sp³-hybridized carbons (Fsp3) is 0.357. The molecule has 0 fully saturated rings. The van der Waals surface area contributed by atoms with Gasteiger partial charge in [-0.3, -0.25) is 0 Å². The normalized spacial score (nSPS) is 17.7. The molecule has 2 aromatic carbocycles. The van der Waals surface area contributed by atoms with Crippen LogP contribution < -0.4 is 14.6 Å². The van der Waals surface area contributed by atoms with Crippen LogP contribution in [0.4, 0.5) is 5.69 Å². The highest BCUT2D eigenvalue weighted by atomic mass is 16.5. The van der Waals surface area contributed by atoms with Gasteiger partial charge in [0.15, 0.2) is 5.71 Å². The summed E-state index contributed by atoms with van der Waals surface area (Å²) in [4.78, 5) is 10.5. The molecule has 0 saturated carbocycles. The Morgan fingerprint density at radius 3 is 2.64 bits per heavy atom. The number of carbonyl (C=O) groups excluding carboxylic acids is 1. The number of carboxylic acid groups (broad SMARTS) is 1. The summed E-state index contributed by atoms with van der Waals surface area (Å²) >= 11 is 0. The highest BCUT2D eigenvalue weighted by Crippen LogP contribution is 2.46. The van der Waals surface area contributed by atoms with Crippen LogP contribution in [0.3, 0.4) is 0 Å². The second-order valence-corrected chi connectivity index (χ2v) is 9.35. The van der Waals surface area contributed by atoms with Crippen molar-refractivity contribution in [3.05, 3.63) is 71.5 Å². The Kier molecular flexibility index (Phi) is 6.68. The molecule has 0 spiro atoms. The first kappa shape index (κ1) is 22.8. The largest absolute Gasteiger partial charge is 0.550 e. The summed E-state index contributed by atoms with van der Waals surface area (Å²) in [5.41, 5.74) is 4.57. The van der Waals surface area contributed by atoms with Gasteiger partial charge in [-0.2, -0.15) is 4.58 Å². The predicted molar refractivity (Wildman–Crippen MR) is 128 cm³/mol. The molecular weight excluding hydrogens is 414 g/mol. The number of carbonyl (C=O) groups is 1. The maximum atomic E-state index is 10.5. The van der Waals surface area contributed by atoms with Crippen LogP contribution in [0, 0.1) is 5.41 Å². The third kappa shape index (κ3) is 5.36. The number of aliphatic carboxylic acids is 1. The van der Waals surface area contributed by atoms with E-state index in [1.165, 1.54) is 11.3 Å². The Morgan fingerprint density at radius 1 is 1.09 bits per heavy atom. The minimum absolute atomic E-state index is 0.0548. The standard InChI is InChI=1S/C28H31NO4/c1-28(2)19-22(29(3)21-10-6-4-7-11-21)17-26-24(28)16-20-13-14-23(18-25(20)33-26)32-15-9-5-8-12-27(30)31/h4,6-7,10-11,13-14,16-18H,5,8-9,12,15,19H2,1-3H3. The average Bonchev–Trinajstić information content (AvgIpc) is 2.79. The van der Waals surface area contributed by atoms with E-state index in [0.717, 1.165) is 47.8 Å². The molecule has 4 rings (SSSR count). The zero-order valence-corrected chi connectivity index (χ0v) is 19.6. The SMILES string of the molecule is C[N+](=C1C=C2Oc3cc(OCCCCCC(=O)[O-])ccc3C=C2C(C)(C)C1)c1ccccc1. The zero-order chi connectivity index (χ0) is 23.4. The summed E-state index contributed by atoms with van der Waals surface area (Å²) in [5, 5.41) is 10.5. The van der Waals surface area contributed by atoms with Crippen molar-refractivity contribution < 1.29 is 24.0 Å². The van der Waals surface area contributed by atoms with Gasteiger partial charge in [-0.15, -0.1) is 0 Å². The van der Waals surface area contributed by atoms with Crippen molar-refractivity contribution in [2.75, 3.05) is 13.7 Å². The lowest BCUT2D eigenvalue weighted by atomic mass is 9.73. The minimum atomic E-state index is -0.995. The van der Waals surface area contributed by atoms with Crippen LogP contribution in [0.15, 0.2) is 65.9 Å². The van der Waals surface area contributed by atoms with Crippen LogP contribution in [0.25, 0.3) is 6.08 Å². The van der Waals surface area contributed by atoms with Gasteiger partial charge in [0, 0.05) is 53.2 Å². The summed E-state index contributed by atoms with van der Waals surface area (Å²) in [7, 11) is 2.10. The van der Waals surface area contributed by atoms with Gasteiger partial charge in [-0.05, 0) is 43.9 Å². The molecule has 0 aromatic heterocycles.